The highest BCUT2D eigenvalue weighted by molar-refractivity contribution is 6.06. The van der Waals surface area contributed by atoms with Crippen LogP contribution in [0.25, 0.3) is 5.08 Å². The molecule has 0 radical (unpaired) electrons. The molecule has 0 spiro atoms. The summed E-state index contributed by atoms with van der Waals surface area (Å²) in [6, 6.07) is 0. The summed E-state index contributed by atoms with van der Waals surface area (Å²) in [6.45, 7) is 0. The lowest BCUT2D eigenvalue weighted by molar-refractivity contribution is -0.114. The Balaban J connectivity index is 1.69. The van der Waals surface area contributed by atoms with Crippen molar-refractivity contribution in [2.45, 2.75) is 12.8 Å². The minimum absolute atomic E-state index is 0.143. The quantitative estimate of drug-likeness (QED) is 0.379. The first-order chi connectivity index (χ1) is 14.7. The zero-order valence-corrected chi connectivity index (χ0v) is 16.1. The molecular weight excluding hydrogens is 376 g/mol. The molecule has 0 fully saturated rings. The second-order valence-corrected chi connectivity index (χ2v) is 6.49. The third kappa shape index (κ3) is 5.59. The summed E-state index contributed by atoms with van der Waals surface area (Å²) < 4.78 is 0. The Labute approximate surface area is 174 Å². The zero-order valence-electron chi connectivity index (χ0n) is 16.1. The van der Waals surface area contributed by atoms with Crippen LogP contribution in [0.4, 0.5) is 0 Å². The lowest BCUT2D eigenvalue weighted by atomic mass is 10.1. The van der Waals surface area contributed by atoms with Crippen LogP contribution >= 0.6 is 0 Å². The van der Waals surface area contributed by atoms with Crippen LogP contribution in [0.3, 0.4) is 0 Å². The number of nitrogens with one attached hydrogen (secondary N) is 1. The van der Waals surface area contributed by atoms with E-state index in [9.17, 15) is 4.79 Å². The average molecular weight is 395 g/mol. The van der Waals surface area contributed by atoms with Crippen molar-refractivity contribution in [1.82, 2.24) is 0 Å². The van der Waals surface area contributed by atoms with E-state index in [0.717, 1.165) is 28.7 Å². The van der Waals surface area contributed by atoms with Gasteiger partial charge in [0.1, 0.15) is 0 Å². The topological polar surface area (TPSA) is 106 Å². The van der Waals surface area contributed by atoms with Crippen molar-refractivity contribution in [1.29, 1.82) is 10.9 Å². The van der Waals surface area contributed by atoms with Gasteiger partial charge in [0, 0.05) is 12.0 Å². The van der Waals surface area contributed by atoms with E-state index >= 15 is 0 Å². The van der Waals surface area contributed by atoms with Gasteiger partial charge in [-0.3, -0.25) is 4.79 Å². The van der Waals surface area contributed by atoms with E-state index < -0.39 is 0 Å². The fourth-order valence-electron chi connectivity index (χ4n) is 3.01. The molecule has 0 saturated heterocycles. The number of diazo groups is 1. The minimum atomic E-state index is 0.143. The van der Waals surface area contributed by atoms with Gasteiger partial charge in [-0.15, -0.1) is 5.10 Å². The monoisotopic (exact) mass is 395 g/mol. The van der Waals surface area contributed by atoms with E-state index in [4.69, 9.17) is 10.9 Å². The largest absolute Gasteiger partial charge is 0.339 e. The summed E-state index contributed by atoms with van der Waals surface area (Å²) in [6.07, 6.45) is 27.3. The fraction of sp³-hybridized carbons (Fsp3) is 0.0870. The van der Waals surface area contributed by atoms with Gasteiger partial charge in [-0.1, -0.05) is 66.0 Å². The highest BCUT2D eigenvalue weighted by atomic mass is 16.1. The number of rotatable bonds is 5. The Morgan fingerprint density at radius 2 is 1.47 bits per heavy atom. The first kappa shape index (κ1) is 20.4. The second-order valence-electron chi connectivity index (χ2n) is 6.49. The van der Waals surface area contributed by atoms with Crippen LogP contribution in [-0.2, 0) is 4.79 Å². The molecule has 0 atom stereocenters. The van der Waals surface area contributed by atoms with Crippen molar-refractivity contribution < 1.29 is 4.79 Å². The molecule has 7 heteroatoms. The Bertz CT molecular complexity index is 1090. The summed E-state index contributed by atoms with van der Waals surface area (Å²) in [5.41, 5.74) is 11.6. The molecule has 0 aromatic rings. The summed E-state index contributed by atoms with van der Waals surface area (Å²) in [4.78, 5) is 12.2. The Kier molecular flexibility index (Phi) is 7.01. The number of hydrogen-bond acceptors (Lipinski definition) is 5. The number of hydrogen-bond donors (Lipinski definition) is 1. The van der Waals surface area contributed by atoms with E-state index in [-0.39, 0.29) is 5.78 Å². The summed E-state index contributed by atoms with van der Waals surface area (Å²) in [5.74, 6) is 0.143. The predicted octanol–water partition coefficient (Wildman–Crippen LogP) is 5.46. The first-order valence-corrected chi connectivity index (χ1v) is 9.31. The standard InChI is InChI=1S/C23H19N6O/c24-28-26-20-12-7-17(8-13-20)3-1-5-19-11-16-23(30)22(19)6-2-4-18-9-14-21(15-10-18)27-29-25/h1-10,12-15,25H,11,16H2/q+1. The van der Waals surface area contributed by atoms with E-state index in [1.807, 2.05) is 60.8 Å². The van der Waals surface area contributed by atoms with Crippen molar-refractivity contribution >= 4 is 17.2 Å². The second kappa shape index (κ2) is 10.3. The summed E-state index contributed by atoms with van der Waals surface area (Å²) in [5, 5.41) is 21.4. The maximum atomic E-state index is 12.2. The van der Waals surface area contributed by atoms with Crippen molar-refractivity contribution in [3.8, 4) is 0 Å². The molecule has 3 aliphatic rings. The molecule has 7 nitrogen and oxygen atoms in total. The molecule has 3 aliphatic carbocycles. The lowest BCUT2D eigenvalue weighted by Gasteiger charge is -2.00. The van der Waals surface area contributed by atoms with Crippen LogP contribution in [0.2, 0.25) is 0 Å². The third-order valence-corrected chi connectivity index (χ3v) is 4.52. The predicted molar refractivity (Wildman–Crippen MR) is 117 cm³/mol. The van der Waals surface area contributed by atoms with E-state index in [0.29, 0.717) is 17.8 Å². The number of allylic oxidation sites excluding steroid dienone is 18. The van der Waals surface area contributed by atoms with Crippen LogP contribution in [-0.4, -0.2) is 17.2 Å². The summed E-state index contributed by atoms with van der Waals surface area (Å²) in [7, 11) is 0. The van der Waals surface area contributed by atoms with Gasteiger partial charge in [0.25, 0.3) is 5.39 Å². The molecule has 0 amide bonds. The number of Topliss-reactive ketones (excluding diaryl/α,β-unsaturated/α-hetero) is 1. The fourth-order valence-corrected chi connectivity index (χ4v) is 3.01. The molecule has 0 unspecified atom stereocenters. The highest BCUT2D eigenvalue weighted by Gasteiger charge is 2.18. The van der Waals surface area contributed by atoms with Gasteiger partial charge in [0.15, 0.2) is 16.6 Å². The molecule has 0 aliphatic heterocycles. The maximum Gasteiger partial charge on any atom is 0.339 e. The van der Waals surface area contributed by atoms with Gasteiger partial charge in [-0.25, -0.2) is 0 Å². The van der Waals surface area contributed by atoms with Crippen LogP contribution in [0.1, 0.15) is 12.8 Å². The molecule has 0 aromatic heterocycles. The van der Waals surface area contributed by atoms with E-state index in [1.54, 1.807) is 24.3 Å². The number of carbonyl (C=O) groups is 1. The van der Waals surface area contributed by atoms with Gasteiger partial charge in [0.2, 0.25) is 0 Å². The molecule has 0 aromatic carbocycles. The normalized spacial score (nSPS) is 18.0. The Hall–Kier alpha value is -4.31. The number of nitrogens with zero attached hydrogens (tertiary/aromatic N) is 5. The van der Waals surface area contributed by atoms with Crippen LogP contribution in [0.15, 0.2) is 123 Å². The van der Waals surface area contributed by atoms with Gasteiger partial charge in [-0.05, 0) is 47.4 Å². The molecule has 0 bridgehead atoms. The van der Waals surface area contributed by atoms with E-state index in [1.165, 1.54) is 0 Å². The van der Waals surface area contributed by atoms with Crippen LogP contribution < -0.4 is 0 Å². The van der Waals surface area contributed by atoms with Crippen molar-refractivity contribution in [3.05, 3.63) is 112 Å². The number of ketones is 1. The van der Waals surface area contributed by atoms with Crippen molar-refractivity contribution in [2.75, 3.05) is 0 Å². The first-order valence-electron chi connectivity index (χ1n) is 9.31. The van der Waals surface area contributed by atoms with Gasteiger partial charge in [0.05, 0.1) is 5.71 Å². The summed E-state index contributed by atoms with van der Waals surface area (Å²) >= 11 is 0. The van der Waals surface area contributed by atoms with E-state index in [2.05, 4.69) is 20.5 Å². The molecule has 1 N–H and O–H groups in total. The van der Waals surface area contributed by atoms with Gasteiger partial charge in [-0.2, -0.15) is 5.53 Å². The highest BCUT2D eigenvalue weighted by Crippen LogP contribution is 2.25. The van der Waals surface area contributed by atoms with Gasteiger partial charge >= 0.3 is 5.08 Å². The SMILES string of the molecule is N#[N+]N=C1C=CC(=CC=CC2=C(C=CC=C3C=CC(=NN=N)C=C3)C(=O)CC2)C=C1. The molecule has 0 saturated carbocycles. The number of carbonyl (C=O) groups excluding carboxylic acids is 1. The molecular formula is C23H19N6O+. The third-order valence-electron chi connectivity index (χ3n) is 4.52. The molecule has 30 heavy (non-hydrogen) atoms. The lowest BCUT2D eigenvalue weighted by Crippen LogP contribution is -1.93. The molecule has 3 rings (SSSR count). The van der Waals surface area contributed by atoms with Crippen molar-refractivity contribution in [3.63, 3.8) is 0 Å². The smallest absolute Gasteiger partial charge is 0.294 e. The van der Waals surface area contributed by atoms with Crippen LogP contribution in [0, 0.1) is 10.9 Å². The molecule has 146 valence electrons. The Morgan fingerprint density at radius 3 is 2.07 bits per heavy atom. The van der Waals surface area contributed by atoms with Crippen LogP contribution in [0.5, 0.6) is 0 Å². The average Bonchev–Trinajstić information content (AvgIpc) is 3.11. The van der Waals surface area contributed by atoms with Gasteiger partial charge < -0.3 is 0 Å². The minimum Gasteiger partial charge on any atom is -0.294 e. The molecule has 0 heterocycles. The zero-order chi connectivity index (χ0) is 21.2. The maximum absolute atomic E-state index is 12.2. The van der Waals surface area contributed by atoms with Crippen molar-refractivity contribution in [2.24, 2.45) is 15.4 Å². The Morgan fingerprint density at radius 1 is 0.867 bits per heavy atom.